The van der Waals surface area contributed by atoms with Crippen LogP contribution in [0.4, 0.5) is 4.39 Å². The summed E-state index contributed by atoms with van der Waals surface area (Å²) in [6.45, 7) is 9.39. The molecule has 1 aliphatic carbocycles. The molecule has 0 N–H and O–H groups in total. The molecule has 1 heterocycles. The quantitative estimate of drug-likeness (QED) is 0.179. The van der Waals surface area contributed by atoms with Crippen molar-refractivity contribution in [2.75, 3.05) is 20.8 Å². The van der Waals surface area contributed by atoms with Crippen LogP contribution in [0, 0.1) is 18.7 Å². The smallest absolute Gasteiger partial charge is 0.343 e. The first kappa shape index (κ1) is 30.2. The van der Waals surface area contributed by atoms with Gasteiger partial charge in [-0.05, 0) is 92.4 Å². The topological polar surface area (TPSA) is 78.0 Å². The number of ether oxygens (including phenoxy) is 3. The lowest BCUT2D eigenvalue weighted by atomic mass is 9.91. The molecule has 0 bridgehead atoms. The maximum Gasteiger partial charge on any atom is 0.343 e. The van der Waals surface area contributed by atoms with Gasteiger partial charge in [0.2, 0.25) is 5.88 Å². The Hall–Kier alpha value is -3.78. The monoisotopic (exact) mass is 562 g/mol. The predicted molar refractivity (Wildman–Crippen MR) is 156 cm³/mol. The van der Waals surface area contributed by atoms with E-state index < -0.39 is 11.8 Å². The third-order valence-electron chi connectivity index (χ3n) is 7.81. The Morgan fingerprint density at radius 3 is 2.49 bits per heavy atom. The molecular weight excluding hydrogens is 523 g/mol. The average Bonchev–Trinajstić information content (AvgIpc) is 3.80. The molecule has 2 aromatic carbocycles. The minimum Gasteiger partial charge on any atom is -0.481 e. The van der Waals surface area contributed by atoms with Crippen molar-refractivity contribution in [3.05, 3.63) is 76.7 Å². The van der Waals surface area contributed by atoms with Crippen LogP contribution in [0.5, 0.6) is 11.6 Å². The maximum absolute atomic E-state index is 15.0. The van der Waals surface area contributed by atoms with Crippen molar-refractivity contribution in [3.63, 3.8) is 0 Å². The molecule has 4 rings (SSSR count). The molecule has 0 aliphatic heterocycles. The first-order valence-corrected chi connectivity index (χ1v) is 14.1. The predicted octanol–water partition coefficient (Wildman–Crippen LogP) is 6.71. The van der Waals surface area contributed by atoms with Crippen LogP contribution >= 0.6 is 0 Å². The van der Waals surface area contributed by atoms with Crippen molar-refractivity contribution in [2.45, 2.75) is 65.5 Å². The van der Waals surface area contributed by atoms with Crippen LogP contribution in [0.2, 0.25) is 0 Å². The molecule has 218 valence electrons. The van der Waals surface area contributed by atoms with Gasteiger partial charge in [0.25, 0.3) is 0 Å². The fourth-order valence-corrected chi connectivity index (χ4v) is 5.26. The standard InChI is InChI=1S/C33H39FN2O5/c1-7-36(20(2)3)19-24-15-26(21(4)13-28(24)29-16-31(39-5)35-18-30(29)34)33(38)41-25-10-8-9-23(14-25)27(22-11-12-22)17-32(37)40-6/h8-10,13-16,18,20,22,27H,7,11-12,17,19H2,1-6H3/t27-/m0/s1. The van der Waals surface area contributed by atoms with E-state index in [2.05, 4.69) is 30.7 Å². The number of hydrogen-bond acceptors (Lipinski definition) is 7. The van der Waals surface area contributed by atoms with Gasteiger partial charge in [-0.25, -0.2) is 14.2 Å². The fraction of sp³-hybridized carbons (Fsp3) is 0.424. The van der Waals surface area contributed by atoms with Crippen molar-refractivity contribution in [2.24, 2.45) is 5.92 Å². The van der Waals surface area contributed by atoms with E-state index >= 15 is 4.39 Å². The zero-order valence-electron chi connectivity index (χ0n) is 24.7. The highest BCUT2D eigenvalue weighted by Gasteiger charge is 2.34. The van der Waals surface area contributed by atoms with E-state index in [0.717, 1.165) is 36.7 Å². The highest BCUT2D eigenvalue weighted by molar-refractivity contribution is 5.94. The number of pyridine rings is 1. The first-order chi connectivity index (χ1) is 19.6. The molecule has 0 spiro atoms. The lowest BCUT2D eigenvalue weighted by molar-refractivity contribution is -0.141. The normalized spacial score (nSPS) is 13.8. The summed E-state index contributed by atoms with van der Waals surface area (Å²) in [4.78, 5) is 31.8. The Morgan fingerprint density at radius 1 is 1.10 bits per heavy atom. The molecule has 1 atom stereocenters. The third-order valence-corrected chi connectivity index (χ3v) is 7.81. The van der Waals surface area contributed by atoms with Crippen molar-refractivity contribution in [1.29, 1.82) is 0 Å². The summed E-state index contributed by atoms with van der Waals surface area (Å²) in [5, 5.41) is 0. The van der Waals surface area contributed by atoms with Gasteiger partial charge in [-0.2, -0.15) is 0 Å². The van der Waals surface area contributed by atoms with E-state index in [-0.39, 0.29) is 17.9 Å². The van der Waals surface area contributed by atoms with E-state index in [0.29, 0.717) is 52.8 Å². The number of hydrogen-bond donors (Lipinski definition) is 0. The van der Waals surface area contributed by atoms with Crippen LogP contribution in [0.1, 0.15) is 73.0 Å². The summed E-state index contributed by atoms with van der Waals surface area (Å²) in [6, 6.07) is 12.8. The second-order valence-corrected chi connectivity index (χ2v) is 10.9. The number of carbonyl (C=O) groups excluding carboxylic acids is 2. The summed E-state index contributed by atoms with van der Waals surface area (Å²) >= 11 is 0. The summed E-state index contributed by atoms with van der Waals surface area (Å²) in [5.74, 6) is -0.0499. The molecule has 3 aromatic rings. The lowest BCUT2D eigenvalue weighted by Crippen LogP contribution is -2.30. The van der Waals surface area contributed by atoms with Gasteiger partial charge in [0.15, 0.2) is 0 Å². The van der Waals surface area contributed by atoms with E-state index in [9.17, 15) is 9.59 Å². The number of methoxy groups -OCH3 is 2. The second kappa shape index (κ2) is 13.3. The maximum atomic E-state index is 15.0. The van der Waals surface area contributed by atoms with Crippen LogP contribution < -0.4 is 9.47 Å². The van der Waals surface area contributed by atoms with Crippen molar-refractivity contribution < 1.29 is 28.2 Å². The summed E-state index contributed by atoms with van der Waals surface area (Å²) in [6.07, 6.45) is 3.57. The number of rotatable bonds is 12. The SMILES string of the molecule is CCN(Cc1cc(C(=O)Oc2cccc([C@@H](CC(=O)OC)C3CC3)c2)c(C)cc1-c1cc(OC)ncc1F)C(C)C. The molecule has 0 saturated heterocycles. The highest BCUT2D eigenvalue weighted by Crippen LogP contribution is 2.45. The Labute approximate surface area is 241 Å². The van der Waals surface area contributed by atoms with Gasteiger partial charge in [-0.15, -0.1) is 0 Å². The summed E-state index contributed by atoms with van der Waals surface area (Å²) in [5.41, 5.74) is 3.85. The molecule has 1 saturated carbocycles. The molecule has 1 fully saturated rings. The molecule has 0 amide bonds. The van der Waals surface area contributed by atoms with Gasteiger partial charge in [-0.3, -0.25) is 9.69 Å². The molecule has 8 heteroatoms. The van der Waals surface area contributed by atoms with Crippen LogP contribution in [0.3, 0.4) is 0 Å². The lowest BCUT2D eigenvalue weighted by Gasteiger charge is -2.26. The number of nitrogens with zero attached hydrogens (tertiary/aromatic N) is 2. The van der Waals surface area contributed by atoms with Gasteiger partial charge in [0.05, 0.1) is 32.4 Å². The molecular formula is C33H39FN2O5. The van der Waals surface area contributed by atoms with Crippen LogP contribution in [0.15, 0.2) is 48.7 Å². The molecule has 0 radical (unpaired) electrons. The number of aromatic nitrogens is 1. The minimum absolute atomic E-state index is 0.0250. The summed E-state index contributed by atoms with van der Waals surface area (Å²) in [7, 11) is 2.89. The zero-order valence-corrected chi connectivity index (χ0v) is 24.7. The molecule has 1 aromatic heterocycles. The number of carbonyl (C=O) groups is 2. The van der Waals surface area contributed by atoms with E-state index in [1.54, 1.807) is 18.2 Å². The van der Waals surface area contributed by atoms with Crippen molar-refractivity contribution >= 4 is 11.9 Å². The Morgan fingerprint density at radius 2 is 1.85 bits per heavy atom. The number of benzene rings is 2. The van der Waals surface area contributed by atoms with Gasteiger partial charge in [-0.1, -0.05) is 25.1 Å². The second-order valence-electron chi connectivity index (χ2n) is 10.9. The average molecular weight is 563 g/mol. The van der Waals surface area contributed by atoms with Crippen LogP contribution in [-0.2, 0) is 16.1 Å². The molecule has 1 aliphatic rings. The number of halogens is 1. The zero-order chi connectivity index (χ0) is 29.7. The third kappa shape index (κ3) is 7.30. The highest BCUT2D eigenvalue weighted by atomic mass is 19.1. The number of aryl methyl sites for hydroxylation is 1. The molecule has 7 nitrogen and oxygen atoms in total. The molecule has 41 heavy (non-hydrogen) atoms. The van der Waals surface area contributed by atoms with E-state index in [1.165, 1.54) is 14.2 Å². The van der Waals surface area contributed by atoms with Crippen LogP contribution in [-0.4, -0.2) is 48.6 Å². The van der Waals surface area contributed by atoms with E-state index in [1.807, 2.05) is 31.2 Å². The van der Waals surface area contributed by atoms with Gasteiger partial charge in [0.1, 0.15) is 11.6 Å². The Kier molecular flexibility index (Phi) is 9.76. The largest absolute Gasteiger partial charge is 0.481 e. The number of esters is 2. The first-order valence-electron chi connectivity index (χ1n) is 14.1. The Balaban J connectivity index is 1.68. The Bertz CT molecular complexity index is 1400. The van der Waals surface area contributed by atoms with Crippen molar-refractivity contribution in [1.82, 2.24) is 9.88 Å². The van der Waals surface area contributed by atoms with Gasteiger partial charge in [0, 0.05) is 24.2 Å². The van der Waals surface area contributed by atoms with Gasteiger partial charge < -0.3 is 14.2 Å². The summed E-state index contributed by atoms with van der Waals surface area (Å²) < 4.78 is 31.1. The molecule has 0 unspecified atom stereocenters. The van der Waals surface area contributed by atoms with Crippen molar-refractivity contribution in [3.8, 4) is 22.8 Å². The minimum atomic E-state index is -0.497. The fourth-order valence-electron chi connectivity index (χ4n) is 5.26. The van der Waals surface area contributed by atoms with Crippen LogP contribution in [0.25, 0.3) is 11.1 Å². The van der Waals surface area contributed by atoms with Gasteiger partial charge >= 0.3 is 11.9 Å². The van der Waals surface area contributed by atoms with E-state index in [4.69, 9.17) is 14.2 Å².